The van der Waals surface area contributed by atoms with E-state index in [0.717, 1.165) is 43.9 Å². The number of piperidine rings is 1. The number of anilines is 2. The SMILES string of the molecule is CCNc1ncc(C)c(NCCC(=O)N2CCCCC2)n1. The summed E-state index contributed by atoms with van der Waals surface area (Å²) in [6, 6.07) is 0. The van der Waals surface area contributed by atoms with Gasteiger partial charge >= 0.3 is 0 Å². The first-order valence-electron chi connectivity index (χ1n) is 7.80. The third kappa shape index (κ3) is 4.58. The highest BCUT2D eigenvalue weighted by atomic mass is 16.2. The number of aromatic nitrogens is 2. The maximum absolute atomic E-state index is 12.1. The molecule has 6 nitrogen and oxygen atoms in total. The molecule has 21 heavy (non-hydrogen) atoms. The van der Waals surface area contributed by atoms with Crippen molar-refractivity contribution in [3.8, 4) is 0 Å². The van der Waals surface area contributed by atoms with Crippen LogP contribution in [0.5, 0.6) is 0 Å². The molecule has 0 unspecified atom stereocenters. The average Bonchev–Trinajstić information content (AvgIpc) is 2.51. The quantitative estimate of drug-likeness (QED) is 0.839. The topological polar surface area (TPSA) is 70.2 Å². The van der Waals surface area contributed by atoms with Gasteiger partial charge < -0.3 is 15.5 Å². The molecular formula is C15H25N5O. The van der Waals surface area contributed by atoms with Crippen LogP contribution >= 0.6 is 0 Å². The van der Waals surface area contributed by atoms with Crippen LogP contribution in [-0.4, -0.2) is 47.0 Å². The zero-order valence-corrected chi connectivity index (χ0v) is 13.0. The van der Waals surface area contributed by atoms with Crippen LogP contribution in [0.25, 0.3) is 0 Å². The fraction of sp³-hybridized carbons (Fsp3) is 0.667. The summed E-state index contributed by atoms with van der Waals surface area (Å²) in [4.78, 5) is 22.7. The average molecular weight is 291 g/mol. The summed E-state index contributed by atoms with van der Waals surface area (Å²) in [5.41, 5.74) is 0.988. The van der Waals surface area contributed by atoms with Gasteiger partial charge in [0.25, 0.3) is 0 Å². The number of amides is 1. The molecule has 1 aromatic heterocycles. The van der Waals surface area contributed by atoms with Crippen LogP contribution in [0.3, 0.4) is 0 Å². The van der Waals surface area contributed by atoms with Crippen molar-refractivity contribution in [1.82, 2.24) is 14.9 Å². The van der Waals surface area contributed by atoms with Crippen LogP contribution in [0.1, 0.15) is 38.2 Å². The van der Waals surface area contributed by atoms with E-state index >= 15 is 0 Å². The first kappa shape index (κ1) is 15.5. The third-order valence-corrected chi connectivity index (χ3v) is 3.65. The molecule has 0 radical (unpaired) electrons. The van der Waals surface area contributed by atoms with E-state index in [1.54, 1.807) is 6.20 Å². The number of hydrogen-bond donors (Lipinski definition) is 2. The van der Waals surface area contributed by atoms with Crippen molar-refractivity contribution in [2.24, 2.45) is 0 Å². The number of nitrogens with zero attached hydrogens (tertiary/aromatic N) is 3. The number of likely N-dealkylation sites (tertiary alicyclic amines) is 1. The number of carbonyl (C=O) groups is 1. The summed E-state index contributed by atoms with van der Waals surface area (Å²) in [5.74, 6) is 1.65. The second-order valence-electron chi connectivity index (χ2n) is 5.37. The lowest BCUT2D eigenvalue weighted by Crippen LogP contribution is -2.36. The molecule has 2 heterocycles. The van der Waals surface area contributed by atoms with Crippen molar-refractivity contribution in [1.29, 1.82) is 0 Å². The molecule has 0 spiro atoms. The zero-order chi connectivity index (χ0) is 15.1. The first-order valence-corrected chi connectivity index (χ1v) is 7.80. The zero-order valence-electron chi connectivity index (χ0n) is 13.0. The fourth-order valence-corrected chi connectivity index (χ4v) is 2.45. The maximum atomic E-state index is 12.1. The van der Waals surface area contributed by atoms with Crippen LogP contribution in [0, 0.1) is 6.92 Å². The van der Waals surface area contributed by atoms with E-state index in [9.17, 15) is 4.79 Å². The monoisotopic (exact) mass is 291 g/mol. The van der Waals surface area contributed by atoms with Gasteiger partial charge in [-0.05, 0) is 33.1 Å². The minimum atomic E-state index is 0.237. The van der Waals surface area contributed by atoms with Crippen LogP contribution in [-0.2, 0) is 4.79 Å². The number of carbonyl (C=O) groups excluding carboxylic acids is 1. The Morgan fingerprint density at radius 2 is 2.05 bits per heavy atom. The van der Waals surface area contributed by atoms with Gasteiger partial charge in [0.1, 0.15) is 5.82 Å². The molecule has 0 saturated carbocycles. The third-order valence-electron chi connectivity index (χ3n) is 3.65. The summed E-state index contributed by atoms with van der Waals surface area (Å²) in [6.07, 6.45) is 5.82. The molecule has 1 amide bonds. The van der Waals surface area contributed by atoms with Crippen molar-refractivity contribution in [2.45, 2.75) is 39.5 Å². The Balaban J connectivity index is 1.82. The Labute approximate surface area is 126 Å². The number of rotatable bonds is 6. The Morgan fingerprint density at radius 1 is 1.29 bits per heavy atom. The van der Waals surface area contributed by atoms with E-state index in [-0.39, 0.29) is 5.91 Å². The van der Waals surface area contributed by atoms with E-state index in [4.69, 9.17) is 0 Å². The van der Waals surface area contributed by atoms with Gasteiger partial charge in [-0.2, -0.15) is 4.98 Å². The molecule has 0 aromatic carbocycles. The molecule has 1 fully saturated rings. The first-order chi connectivity index (χ1) is 10.2. The number of hydrogen-bond acceptors (Lipinski definition) is 5. The molecule has 0 atom stereocenters. The van der Waals surface area contributed by atoms with Crippen molar-refractivity contribution in [3.63, 3.8) is 0 Å². The van der Waals surface area contributed by atoms with Gasteiger partial charge in [-0.25, -0.2) is 4.98 Å². The lowest BCUT2D eigenvalue weighted by atomic mass is 10.1. The van der Waals surface area contributed by atoms with Crippen LogP contribution in [0.15, 0.2) is 6.20 Å². The van der Waals surface area contributed by atoms with E-state index in [1.165, 1.54) is 6.42 Å². The summed E-state index contributed by atoms with van der Waals surface area (Å²) in [5, 5.41) is 6.33. The molecule has 1 aliphatic rings. The highest BCUT2D eigenvalue weighted by Gasteiger charge is 2.15. The standard InChI is InChI=1S/C15H25N5O/c1-3-16-15-18-11-12(2)14(19-15)17-8-7-13(21)20-9-5-4-6-10-20/h11H,3-10H2,1-2H3,(H2,16,17,18,19). The molecular weight excluding hydrogens is 266 g/mol. The Morgan fingerprint density at radius 3 is 2.76 bits per heavy atom. The molecule has 1 aliphatic heterocycles. The van der Waals surface area contributed by atoms with Gasteiger partial charge in [0, 0.05) is 44.4 Å². The van der Waals surface area contributed by atoms with Gasteiger partial charge in [-0.15, -0.1) is 0 Å². The van der Waals surface area contributed by atoms with E-state index in [0.29, 0.717) is 18.9 Å². The van der Waals surface area contributed by atoms with Crippen molar-refractivity contribution < 1.29 is 4.79 Å². The molecule has 1 saturated heterocycles. The van der Waals surface area contributed by atoms with Crippen LogP contribution in [0.2, 0.25) is 0 Å². The second kappa shape index (κ2) is 7.81. The summed E-state index contributed by atoms with van der Waals surface area (Å²) in [7, 11) is 0. The molecule has 1 aromatic rings. The van der Waals surface area contributed by atoms with Crippen molar-refractivity contribution in [2.75, 3.05) is 36.8 Å². The maximum Gasteiger partial charge on any atom is 0.224 e. The normalized spacial score (nSPS) is 14.9. The largest absolute Gasteiger partial charge is 0.369 e. The van der Waals surface area contributed by atoms with Gasteiger partial charge in [-0.3, -0.25) is 4.79 Å². The number of nitrogens with one attached hydrogen (secondary N) is 2. The Kier molecular flexibility index (Phi) is 5.78. The predicted octanol–water partition coefficient (Wildman–Crippen LogP) is 2.03. The Bertz CT molecular complexity index is 471. The van der Waals surface area contributed by atoms with Crippen LogP contribution in [0.4, 0.5) is 11.8 Å². The minimum Gasteiger partial charge on any atom is -0.369 e. The van der Waals surface area contributed by atoms with E-state index in [1.807, 2.05) is 18.7 Å². The summed E-state index contributed by atoms with van der Waals surface area (Å²) in [6.45, 7) is 7.19. The fourth-order valence-electron chi connectivity index (χ4n) is 2.45. The molecule has 2 N–H and O–H groups in total. The second-order valence-corrected chi connectivity index (χ2v) is 5.37. The molecule has 2 rings (SSSR count). The summed E-state index contributed by atoms with van der Waals surface area (Å²) >= 11 is 0. The summed E-state index contributed by atoms with van der Waals surface area (Å²) < 4.78 is 0. The van der Waals surface area contributed by atoms with Gasteiger partial charge in [0.15, 0.2) is 0 Å². The predicted molar refractivity (Wildman–Crippen MR) is 84.5 cm³/mol. The lowest BCUT2D eigenvalue weighted by Gasteiger charge is -2.26. The Hall–Kier alpha value is -1.85. The van der Waals surface area contributed by atoms with Crippen molar-refractivity contribution in [3.05, 3.63) is 11.8 Å². The highest BCUT2D eigenvalue weighted by molar-refractivity contribution is 5.76. The van der Waals surface area contributed by atoms with Gasteiger partial charge in [0.05, 0.1) is 0 Å². The van der Waals surface area contributed by atoms with Gasteiger partial charge in [-0.1, -0.05) is 0 Å². The minimum absolute atomic E-state index is 0.237. The van der Waals surface area contributed by atoms with Crippen LogP contribution < -0.4 is 10.6 Å². The van der Waals surface area contributed by atoms with E-state index in [2.05, 4.69) is 20.6 Å². The van der Waals surface area contributed by atoms with Crippen molar-refractivity contribution >= 4 is 17.7 Å². The molecule has 0 aliphatic carbocycles. The number of aryl methyl sites for hydroxylation is 1. The van der Waals surface area contributed by atoms with Gasteiger partial charge in [0.2, 0.25) is 11.9 Å². The highest BCUT2D eigenvalue weighted by Crippen LogP contribution is 2.13. The molecule has 116 valence electrons. The molecule has 0 bridgehead atoms. The van der Waals surface area contributed by atoms with E-state index < -0.39 is 0 Å². The molecule has 6 heteroatoms. The smallest absolute Gasteiger partial charge is 0.224 e. The lowest BCUT2D eigenvalue weighted by molar-refractivity contribution is -0.131.